The molecule has 148 valence electrons. The first-order chi connectivity index (χ1) is 14.1. The molecule has 0 saturated heterocycles. The van der Waals surface area contributed by atoms with Gasteiger partial charge >= 0.3 is 6.61 Å². The van der Waals surface area contributed by atoms with Crippen LogP contribution < -0.4 is 15.0 Å². The zero-order chi connectivity index (χ0) is 20.2. The fourth-order valence-electron chi connectivity index (χ4n) is 3.51. The molecular weight excluding hydrogens is 374 g/mol. The number of hydrogen-bond acceptors (Lipinski definition) is 3. The van der Waals surface area contributed by atoms with Crippen LogP contribution in [-0.2, 0) is 6.42 Å². The number of fused-ring (bicyclic) bond motifs is 1. The molecule has 0 bridgehead atoms. The first kappa shape index (κ1) is 18.9. The summed E-state index contributed by atoms with van der Waals surface area (Å²) in [6, 6.07) is 21.5. The normalized spacial score (nSPS) is 13.1. The van der Waals surface area contributed by atoms with Crippen molar-refractivity contribution in [3.63, 3.8) is 0 Å². The lowest BCUT2D eigenvalue weighted by molar-refractivity contribution is -0.0498. The van der Waals surface area contributed by atoms with Crippen LogP contribution in [0.3, 0.4) is 0 Å². The summed E-state index contributed by atoms with van der Waals surface area (Å²) in [5, 5.41) is 3.13. The number of nitrogens with one attached hydrogen (secondary N) is 1. The summed E-state index contributed by atoms with van der Waals surface area (Å²) in [5.41, 5.74) is 4.13. The molecular formula is C23H20F2N2O2. The molecule has 0 saturated carbocycles. The summed E-state index contributed by atoms with van der Waals surface area (Å²) in [5.74, 6) is 0.0524. The molecule has 1 aliphatic rings. The number of carbonyl (C=O) groups excluding carboxylic acids is 1. The van der Waals surface area contributed by atoms with E-state index in [4.69, 9.17) is 0 Å². The predicted octanol–water partition coefficient (Wildman–Crippen LogP) is 5.62. The highest BCUT2D eigenvalue weighted by atomic mass is 19.3. The molecule has 0 atom stereocenters. The maximum absolute atomic E-state index is 13.0. The Morgan fingerprint density at radius 2 is 1.76 bits per heavy atom. The van der Waals surface area contributed by atoms with Crippen LogP contribution >= 0.6 is 0 Å². The number of hydrogen-bond donors (Lipinski definition) is 1. The highest BCUT2D eigenvalue weighted by Crippen LogP contribution is 2.29. The number of amides is 1. The molecule has 29 heavy (non-hydrogen) atoms. The van der Waals surface area contributed by atoms with Crippen LogP contribution in [0.25, 0.3) is 0 Å². The third-order valence-corrected chi connectivity index (χ3v) is 4.84. The number of benzene rings is 3. The standard InChI is InChI=1S/C23H20F2N2O2/c24-23(25)29-20-8-3-7-19(15-20)26-18-12-10-17(11-13-18)22(28)27-14-4-6-16-5-1-2-9-21(16)27/h1-3,5,7-13,15,23,26H,4,6,14H2. The molecule has 3 aromatic rings. The van der Waals surface area contributed by atoms with Gasteiger partial charge in [0.2, 0.25) is 0 Å². The Morgan fingerprint density at radius 1 is 0.966 bits per heavy atom. The second kappa shape index (κ2) is 8.31. The van der Waals surface area contributed by atoms with Gasteiger partial charge in [-0.25, -0.2) is 0 Å². The maximum atomic E-state index is 13.0. The van der Waals surface area contributed by atoms with Crippen molar-refractivity contribution < 1.29 is 18.3 Å². The average molecular weight is 394 g/mol. The van der Waals surface area contributed by atoms with Gasteiger partial charge in [-0.15, -0.1) is 0 Å². The Morgan fingerprint density at radius 3 is 2.55 bits per heavy atom. The molecule has 4 rings (SSSR count). The minimum atomic E-state index is -2.87. The Bertz CT molecular complexity index is 1010. The van der Waals surface area contributed by atoms with Crippen LogP contribution in [0, 0.1) is 0 Å². The number of carbonyl (C=O) groups is 1. The van der Waals surface area contributed by atoms with Gasteiger partial charge in [-0.05, 0) is 60.9 Å². The SMILES string of the molecule is O=C(c1ccc(Nc2cccc(OC(F)F)c2)cc1)N1CCCc2ccccc21. The molecule has 0 spiro atoms. The molecule has 1 heterocycles. The predicted molar refractivity (Wildman–Crippen MR) is 109 cm³/mol. The quantitative estimate of drug-likeness (QED) is 0.610. The summed E-state index contributed by atoms with van der Waals surface area (Å²) in [7, 11) is 0. The zero-order valence-corrected chi connectivity index (χ0v) is 15.6. The number of nitrogens with zero attached hydrogens (tertiary/aromatic N) is 1. The van der Waals surface area contributed by atoms with Crippen LogP contribution in [0.1, 0.15) is 22.3 Å². The molecule has 1 N–H and O–H groups in total. The minimum Gasteiger partial charge on any atom is -0.435 e. The molecule has 3 aromatic carbocycles. The molecule has 0 radical (unpaired) electrons. The van der Waals surface area contributed by atoms with Crippen molar-refractivity contribution in [1.29, 1.82) is 0 Å². The zero-order valence-electron chi connectivity index (χ0n) is 15.6. The molecule has 6 heteroatoms. The lowest BCUT2D eigenvalue weighted by Gasteiger charge is -2.29. The van der Waals surface area contributed by atoms with Crippen molar-refractivity contribution in [2.24, 2.45) is 0 Å². The van der Waals surface area contributed by atoms with Gasteiger partial charge < -0.3 is 15.0 Å². The lowest BCUT2D eigenvalue weighted by Crippen LogP contribution is -2.35. The summed E-state index contributed by atoms with van der Waals surface area (Å²) in [6.07, 6.45) is 1.93. The van der Waals surface area contributed by atoms with E-state index in [0.29, 0.717) is 17.8 Å². The fraction of sp³-hybridized carbons (Fsp3) is 0.174. The third kappa shape index (κ3) is 4.37. The monoisotopic (exact) mass is 394 g/mol. The summed E-state index contributed by atoms with van der Waals surface area (Å²) in [4.78, 5) is 14.8. The van der Waals surface area contributed by atoms with Crippen LogP contribution in [0.5, 0.6) is 5.75 Å². The van der Waals surface area contributed by atoms with Gasteiger partial charge in [0.15, 0.2) is 0 Å². The molecule has 0 aliphatic carbocycles. The summed E-state index contributed by atoms with van der Waals surface area (Å²) in [6.45, 7) is -2.16. The molecule has 4 nitrogen and oxygen atoms in total. The first-order valence-corrected chi connectivity index (χ1v) is 9.42. The van der Waals surface area contributed by atoms with Crippen molar-refractivity contribution in [2.45, 2.75) is 19.5 Å². The molecule has 0 unspecified atom stereocenters. The van der Waals surface area contributed by atoms with Crippen LogP contribution in [-0.4, -0.2) is 19.1 Å². The van der Waals surface area contributed by atoms with Crippen LogP contribution in [0.15, 0.2) is 72.8 Å². The summed E-state index contributed by atoms with van der Waals surface area (Å²) < 4.78 is 29.1. The number of rotatable bonds is 5. The van der Waals surface area contributed by atoms with Gasteiger partial charge in [0.05, 0.1) is 0 Å². The van der Waals surface area contributed by atoms with Gasteiger partial charge in [-0.1, -0.05) is 24.3 Å². The van der Waals surface area contributed by atoms with E-state index in [-0.39, 0.29) is 11.7 Å². The molecule has 1 amide bonds. The second-order valence-electron chi connectivity index (χ2n) is 6.80. The highest BCUT2D eigenvalue weighted by Gasteiger charge is 2.23. The van der Waals surface area contributed by atoms with Gasteiger partial charge in [-0.3, -0.25) is 4.79 Å². The lowest BCUT2D eigenvalue weighted by atomic mass is 10.0. The fourth-order valence-corrected chi connectivity index (χ4v) is 3.51. The molecule has 1 aliphatic heterocycles. The number of para-hydroxylation sites is 1. The minimum absolute atomic E-state index is 0.0315. The number of anilines is 3. The van der Waals surface area contributed by atoms with E-state index in [0.717, 1.165) is 24.2 Å². The van der Waals surface area contributed by atoms with E-state index in [9.17, 15) is 13.6 Å². The number of aryl methyl sites for hydroxylation is 1. The second-order valence-corrected chi connectivity index (χ2v) is 6.80. The van der Waals surface area contributed by atoms with Crippen molar-refractivity contribution in [2.75, 3.05) is 16.8 Å². The Balaban J connectivity index is 1.48. The van der Waals surface area contributed by atoms with E-state index >= 15 is 0 Å². The van der Waals surface area contributed by atoms with Gasteiger partial charge in [0.1, 0.15) is 5.75 Å². The van der Waals surface area contributed by atoms with Crippen LogP contribution in [0.2, 0.25) is 0 Å². The van der Waals surface area contributed by atoms with Crippen molar-refractivity contribution in [1.82, 2.24) is 0 Å². The van der Waals surface area contributed by atoms with E-state index in [2.05, 4.69) is 16.1 Å². The summed E-state index contributed by atoms with van der Waals surface area (Å²) >= 11 is 0. The molecule has 0 aromatic heterocycles. The Labute approximate surface area is 167 Å². The van der Waals surface area contributed by atoms with Crippen molar-refractivity contribution in [3.05, 3.63) is 83.9 Å². The maximum Gasteiger partial charge on any atom is 0.387 e. The first-order valence-electron chi connectivity index (χ1n) is 9.42. The number of ether oxygens (including phenoxy) is 1. The van der Waals surface area contributed by atoms with E-state index in [1.807, 2.05) is 23.1 Å². The third-order valence-electron chi connectivity index (χ3n) is 4.84. The highest BCUT2D eigenvalue weighted by molar-refractivity contribution is 6.06. The number of alkyl halides is 2. The Kier molecular flexibility index (Phi) is 5.42. The smallest absolute Gasteiger partial charge is 0.387 e. The van der Waals surface area contributed by atoms with Crippen LogP contribution in [0.4, 0.5) is 25.8 Å². The van der Waals surface area contributed by atoms with Crippen molar-refractivity contribution >= 4 is 23.0 Å². The van der Waals surface area contributed by atoms with Gasteiger partial charge in [0.25, 0.3) is 5.91 Å². The number of halogens is 2. The largest absolute Gasteiger partial charge is 0.435 e. The van der Waals surface area contributed by atoms with Gasteiger partial charge in [0, 0.05) is 35.2 Å². The topological polar surface area (TPSA) is 41.6 Å². The van der Waals surface area contributed by atoms with Crippen molar-refractivity contribution in [3.8, 4) is 5.75 Å². The molecule has 0 fully saturated rings. The Hall–Kier alpha value is -3.41. The van der Waals surface area contributed by atoms with Gasteiger partial charge in [-0.2, -0.15) is 8.78 Å². The average Bonchev–Trinajstić information content (AvgIpc) is 2.73. The van der Waals surface area contributed by atoms with E-state index in [1.54, 1.807) is 36.4 Å². The van der Waals surface area contributed by atoms with E-state index < -0.39 is 6.61 Å². The van der Waals surface area contributed by atoms with E-state index in [1.165, 1.54) is 17.7 Å².